The highest BCUT2D eigenvalue weighted by Gasteiger charge is 2.26. The summed E-state index contributed by atoms with van der Waals surface area (Å²) >= 11 is 0. The molecule has 0 unspecified atom stereocenters. The molecule has 0 aliphatic heterocycles. The maximum Gasteiger partial charge on any atom is 0.128 e. The molecule has 0 fully saturated rings. The lowest BCUT2D eigenvalue weighted by Crippen LogP contribution is -2.19. The third kappa shape index (κ3) is 4.32. The average molecular weight is 371 g/mol. The molecule has 0 heterocycles. The number of phenolic OH excluding ortho intramolecular Hbond substituents is 1. The zero-order chi connectivity index (χ0) is 20.0. The van der Waals surface area contributed by atoms with E-state index in [0.29, 0.717) is 12.2 Å². The average Bonchev–Trinajstić information content (AvgIpc) is 2.72. The molecule has 1 N–H and O–H groups in total. The number of nitrogens with zero attached hydrogens (tertiary/aromatic N) is 1. The zero-order valence-corrected chi connectivity index (χ0v) is 16.3. The molecule has 0 radical (unpaired) electrons. The fraction of sp³-hybridized carbons (Fsp3) is 0.160. The molecule has 3 aromatic carbocycles. The lowest BCUT2D eigenvalue weighted by atomic mass is 9.77. The van der Waals surface area contributed by atoms with Crippen LogP contribution in [0.2, 0.25) is 0 Å². The Kier molecular flexibility index (Phi) is 5.95. The van der Waals surface area contributed by atoms with Crippen LogP contribution in [0.25, 0.3) is 0 Å². The van der Waals surface area contributed by atoms with Gasteiger partial charge in [-0.25, -0.2) is 0 Å². The van der Waals surface area contributed by atoms with Gasteiger partial charge in [0.05, 0.1) is 5.69 Å². The minimum atomic E-state index is -0.326. The predicted molar refractivity (Wildman–Crippen MR) is 116 cm³/mol. The van der Waals surface area contributed by atoms with Gasteiger partial charge in [-0.05, 0) is 23.8 Å². The molecule has 0 saturated heterocycles. The van der Waals surface area contributed by atoms with E-state index in [4.69, 9.17) is 4.74 Å². The van der Waals surface area contributed by atoms with Crippen molar-refractivity contribution in [3.05, 3.63) is 102 Å². The topological polar surface area (TPSA) is 41.8 Å². The van der Waals surface area contributed by atoms with Crippen molar-refractivity contribution >= 4 is 11.9 Å². The summed E-state index contributed by atoms with van der Waals surface area (Å²) in [5.41, 5.74) is 3.12. The van der Waals surface area contributed by atoms with Gasteiger partial charge in [0.25, 0.3) is 0 Å². The maximum absolute atomic E-state index is 10.9. The molecule has 3 rings (SSSR count). The number of rotatable bonds is 7. The third-order valence-electron chi connectivity index (χ3n) is 4.77. The van der Waals surface area contributed by atoms with Gasteiger partial charge in [-0.2, -0.15) is 0 Å². The molecule has 0 spiro atoms. The molecule has 0 amide bonds. The van der Waals surface area contributed by atoms with Crippen LogP contribution in [-0.2, 0) is 5.41 Å². The second-order valence-electron chi connectivity index (χ2n) is 7.09. The standard InChI is InChI=1S/C25H25NO2/c1-4-16-28-22-14-9-13-21(17-22)26-18-19-10-8-15-23(24(19)27)25(2,3)20-11-6-5-7-12-20/h4-15,17-18,27H,1,16H2,2-3H3. The molecular formula is C25H25NO2. The number of para-hydroxylation sites is 1. The summed E-state index contributed by atoms with van der Waals surface area (Å²) in [5.74, 6) is 0.983. The summed E-state index contributed by atoms with van der Waals surface area (Å²) in [5, 5.41) is 10.9. The summed E-state index contributed by atoms with van der Waals surface area (Å²) in [4.78, 5) is 4.51. The van der Waals surface area contributed by atoms with Gasteiger partial charge in [0.15, 0.2) is 0 Å². The first-order valence-corrected chi connectivity index (χ1v) is 9.28. The summed E-state index contributed by atoms with van der Waals surface area (Å²) in [6, 6.07) is 23.5. The Morgan fingerprint density at radius 1 is 1.00 bits per heavy atom. The van der Waals surface area contributed by atoms with Gasteiger partial charge in [0, 0.05) is 28.8 Å². The SMILES string of the molecule is C=CCOc1cccc(N=Cc2cccc(C(C)(C)c3ccccc3)c2O)c1. The molecule has 142 valence electrons. The number of benzene rings is 3. The van der Waals surface area contributed by atoms with Crippen molar-refractivity contribution in [1.82, 2.24) is 0 Å². The van der Waals surface area contributed by atoms with Crippen molar-refractivity contribution < 1.29 is 9.84 Å². The number of ether oxygens (including phenoxy) is 1. The summed E-state index contributed by atoms with van der Waals surface area (Å²) in [6.45, 7) is 8.32. The van der Waals surface area contributed by atoms with E-state index in [1.54, 1.807) is 12.3 Å². The smallest absolute Gasteiger partial charge is 0.128 e. The molecule has 0 bridgehead atoms. The minimum Gasteiger partial charge on any atom is -0.507 e. The van der Waals surface area contributed by atoms with Crippen molar-refractivity contribution in [2.75, 3.05) is 6.61 Å². The lowest BCUT2D eigenvalue weighted by Gasteiger charge is -2.27. The number of phenols is 1. The van der Waals surface area contributed by atoms with Crippen LogP contribution in [0.15, 0.2) is 90.4 Å². The van der Waals surface area contributed by atoms with Gasteiger partial charge >= 0.3 is 0 Å². The first-order chi connectivity index (χ1) is 13.5. The fourth-order valence-corrected chi connectivity index (χ4v) is 3.13. The normalized spacial score (nSPS) is 11.5. The van der Waals surface area contributed by atoms with Crippen molar-refractivity contribution in [3.63, 3.8) is 0 Å². The molecule has 0 atom stereocenters. The van der Waals surface area contributed by atoms with Crippen LogP contribution in [0.4, 0.5) is 5.69 Å². The molecule has 3 aromatic rings. The molecular weight excluding hydrogens is 346 g/mol. The highest BCUT2D eigenvalue weighted by atomic mass is 16.5. The van der Waals surface area contributed by atoms with Gasteiger partial charge in [-0.3, -0.25) is 4.99 Å². The van der Waals surface area contributed by atoms with Crippen LogP contribution in [0.1, 0.15) is 30.5 Å². The molecule has 0 saturated carbocycles. The molecule has 0 aromatic heterocycles. The molecule has 3 heteroatoms. The monoisotopic (exact) mass is 371 g/mol. The van der Waals surface area contributed by atoms with E-state index in [0.717, 1.165) is 22.6 Å². The van der Waals surface area contributed by atoms with Gasteiger partial charge in [0.1, 0.15) is 18.1 Å². The van der Waals surface area contributed by atoms with Crippen molar-refractivity contribution in [2.45, 2.75) is 19.3 Å². The molecule has 0 aliphatic rings. The van der Waals surface area contributed by atoms with Crippen LogP contribution in [0.3, 0.4) is 0 Å². The number of aliphatic imine (C=N–C) groups is 1. The van der Waals surface area contributed by atoms with E-state index in [-0.39, 0.29) is 11.2 Å². The molecule has 28 heavy (non-hydrogen) atoms. The highest BCUT2D eigenvalue weighted by Crippen LogP contribution is 2.38. The summed E-state index contributed by atoms with van der Waals surface area (Å²) in [6.07, 6.45) is 3.39. The number of hydrogen-bond acceptors (Lipinski definition) is 3. The van der Waals surface area contributed by atoms with Crippen molar-refractivity contribution in [3.8, 4) is 11.5 Å². The summed E-state index contributed by atoms with van der Waals surface area (Å²) in [7, 11) is 0. The Bertz CT molecular complexity index is 975. The zero-order valence-electron chi connectivity index (χ0n) is 16.3. The van der Waals surface area contributed by atoms with E-state index >= 15 is 0 Å². The van der Waals surface area contributed by atoms with E-state index in [1.165, 1.54) is 0 Å². The van der Waals surface area contributed by atoms with Crippen LogP contribution in [0, 0.1) is 0 Å². The predicted octanol–water partition coefficient (Wildman–Crippen LogP) is 6.03. The van der Waals surface area contributed by atoms with Crippen LogP contribution < -0.4 is 4.74 Å². The van der Waals surface area contributed by atoms with E-state index < -0.39 is 0 Å². The van der Waals surface area contributed by atoms with Gasteiger partial charge in [0.2, 0.25) is 0 Å². The molecule has 0 aliphatic carbocycles. The first-order valence-electron chi connectivity index (χ1n) is 9.28. The van der Waals surface area contributed by atoms with Gasteiger partial charge in [-0.1, -0.05) is 75.0 Å². The number of aromatic hydroxyl groups is 1. The minimum absolute atomic E-state index is 0.249. The quantitative estimate of drug-likeness (QED) is 0.407. The number of hydrogen-bond donors (Lipinski definition) is 1. The Hall–Kier alpha value is -3.33. The largest absolute Gasteiger partial charge is 0.507 e. The fourth-order valence-electron chi connectivity index (χ4n) is 3.13. The summed E-state index contributed by atoms with van der Waals surface area (Å²) < 4.78 is 5.54. The third-order valence-corrected chi connectivity index (χ3v) is 4.77. The highest BCUT2D eigenvalue weighted by molar-refractivity contribution is 5.86. The van der Waals surface area contributed by atoms with Crippen LogP contribution in [0.5, 0.6) is 11.5 Å². The van der Waals surface area contributed by atoms with Gasteiger partial charge in [-0.15, -0.1) is 0 Å². The van der Waals surface area contributed by atoms with Gasteiger partial charge < -0.3 is 9.84 Å². The van der Waals surface area contributed by atoms with Crippen LogP contribution in [-0.4, -0.2) is 17.9 Å². The first kappa shape index (κ1) is 19.4. The van der Waals surface area contributed by atoms with Crippen LogP contribution >= 0.6 is 0 Å². The Balaban J connectivity index is 1.89. The second-order valence-corrected chi connectivity index (χ2v) is 7.09. The van der Waals surface area contributed by atoms with Crippen molar-refractivity contribution in [2.24, 2.45) is 4.99 Å². The Morgan fingerprint density at radius 2 is 1.75 bits per heavy atom. The maximum atomic E-state index is 10.9. The molecule has 3 nitrogen and oxygen atoms in total. The van der Waals surface area contributed by atoms with Crippen molar-refractivity contribution in [1.29, 1.82) is 0 Å². The lowest BCUT2D eigenvalue weighted by molar-refractivity contribution is 0.363. The Morgan fingerprint density at radius 3 is 2.50 bits per heavy atom. The van der Waals surface area contributed by atoms with E-state index in [1.807, 2.05) is 60.7 Å². The second kappa shape index (κ2) is 8.57. The van der Waals surface area contributed by atoms with E-state index in [9.17, 15) is 5.11 Å². The Labute approximate surface area is 166 Å². The van der Waals surface area contributed by atoms with E-state index in [2.05, 4.69) is 37.6 Å².